The van der Waals surface area contributed by atoms with Gasteiger partial charge in [0.15, 0.2) is 6.29 Å². The first-order valence-corrected chi connectivity index (χ1v) is 6.88. The molecule has 4 nitrogen and oxygen atoms in total. The Labute approximate surface area is 106 Å². The van der Waals surface area contributed by atoms with Crippen LogP contribution < -0.4 is 5.32 Å². The molecule has 0 bridgehead atoms. The molecule has 1 aliphatic rings. The lowest BCUT2D eigenvalue weighted by molar-refractivity contribution is -0.143. The van der Waals surface area contributed by atoms with E-state index in [0.29, 0.717) is 12.1 Å². The Morgan fingerprint density at radius 2 is 1.65 bits per heavy atom. The van der Waals surface area contributed by atoms with Crippen molar-refractivity contribution in [2.24, 2.45) is 0 Å². The fourth-order valence-corrected chi connectivity index (χ4v) is 2.45. The number of ether oxygens (including phenoxy) is 2. The van der Waals surface area contributed by atoms with E-state index in [-0.39, 0.29) is 6.29 Å². The van der Waals surface area contributed by atoms with Crippen LogP contribution in [0.4, 0.5) is 0 Å². The molecule has 0 spiro atoms. The van der Waals surface area contributed by atoms with Gasteiger partial charge in [0, 0.05) is 51.4 Å². The molecule has 17 heavy (non-hydrogen) atoms. The molecule has 1 saturated heterocycles. The Bertz CT molecular complexity index is 186. The van der Waals surface area contributed by atoms with Crippen LogP contribution in [0.1, 0.15) is 34.1 Å². The summed E-state index contributed by atoms with van der Waals surface area (Å²) in [5, 5.41) is 3.45. The van der Waals surface area contributed by atoms with Gasteiger partial charge in [-0.05, 0) is 27.7 Å². The molecule has 2 atom stereocenters. The van der Waals surface area contributed by atoms with Gasteiger partial charge in [-0.2, -0.15) is 0 Å². The largest absolute Gasteiger partial charge is 0.353 e. The summed E-state index contributed by atoms with van der Waals surface area (Å²) in [6.45, 7) is 13.2. The van der Waals surface area contributed by atoms with E-state index < -0.39 is 0 Å². The van der Waals surface area contributed by atoms with Gasteiger partial charge in [0.1, 0.15) is 0 Å². The van der Waals surface area contributed by atoms with Crippen molar-refractivity contribution in [3.05, 3.63) is 0 Å². The summed E-state index contributed by atoms with van der Waals surface area (Å²) < 4.78 is 11.2. The fourth-order valence-electron chi connectivity index (χ4n) is 2.45. The van der Waals surface area contributed by atoms with Crippen molar-refractivity contribution in [1.29, 1.82) is 0 Å². The molecular formula is C13H28N2O2. The maximum atomic E-state index is 5.58. The molecule has 0 saturated carbocycles. The number of hydrogen-bond acceptors (Lipinski definition) is 4. The SMILES string of the molecule is CCOC(CCN1C(C)CNCC1C)OCC. The lowest BCUT2D eigenvalue weighted by atomic mass is 10.1. The monoisotopic (exact) mass is 244 g/mol. The molecule has 102 valence electrons. The van der Waals surface area contributed by atoms with E-state index in [2.05, 4.69) is 24.1 Å². The van der Waals surface area contributed by atoms with Crippen LogP contribution in [0, 0.1) is 0 Å². The van der Waals surface area contributed by atoms with E-state index in [0.717, 1.165) is 39.3 Å². The summed E-state index contributed by atoms with van der Waals surface area (Å²) in [5.74, 6) is 0. The van der Waals surface area contributed by atoms with E-state index in [1.165, 1.54) is 0 Å². The van der Waals surface area contributed by atoms with Gasteiger partial charge in [0.2, 0.25) is 0 Å². The first-order valence-electron chi connectivity index (χ1n) is 6.88. The van der Waals surface area contributed by atoms with Crippen LogP contribution in [0.15, 0.2) is 0 Å². The Morgan fingerprint density at radius 3 is 2.12 bits per heavy atom. The van der Waals surface area contributed by atoms with Crippen molar-refractivity contribution in [3.63, 3.8) is 0 Å². The second-order valence-electron chi connectivity index (χ2n) is 4.72. The molecule has 1 fully saturated rings. The van der Waals surface area contributed by atoms with E-state index >= 15 is 0 Å². The van der Waals surface area contributed by atoms with Crippen LogP contribution in [0.2, 0.25) is 0 Å². The second kappa shape index (κ2) is 8.03. The highest BCUT2D eigenvalue weighted by Gasteiger charge is 2.24. The molecule has 0 amide bonds. The molecule has 0 aromatic heterocycles. The summed E-state index contributed by atoms with van der Waals surface area (Å²) >= 11 is 0. The number of hydrogen-bond donors (Lipinski definition) is 1. The van der Waals surface area contributed by atoms with Crippen LogP contribution >= 0.6 is 0 Å². The van der Waals surface area contributed by atoms with Crippen LogP contribution in [-0.2, 0) is 9.47 Å². The smallest absolute Gasteiger partial charge is 0.158 e. The minimum atomic E-state index is -0.0423. The van der Waals surface area contributed by atoms with Crippen molar-refractivity contribution in [1.82, 2.24) is 10.2 Å². The second-order valence-corrected chi connectivity index (χ2v) is 4.72. The minimum absolute atomic E-state index is 0.0423. The number of nitrogens with zero attached hydrogens (tertiary/aromatic N) is 1. The van der Waals surface area contributed by atoms with E-state index in [1.54, 1.807) is 0 Å². The van der Waals surface area contributed by atoms with Crippen molar-refractivity contribution in [2.45, 2.75) is 52.5 Å². The molecule has 1 heterocycles. The molecule has 1 aliphatic heterocycles. The predicted octanol–water partition coefficient (Wildman–Crippen LogP) is 1.46. The van der Waals surface area contributed by atoms with E-state index in [1.807, 2.05) is 13.8 Å². The third-order valence-corrected chi connectivity index (χ3v) is 3.34. The van der Waals surface area contributed by atoms with Gasteiger partial charge < -0.3 is 14.8 Å². The van der Waals surface area contributed by atoms with Gasteiger partial charge in [-0.3, -0.25) is 4.90 Å². The summed E-state index contributed by atoms with van der Waals surface area (Å²) in [6.07, 6.45) is 0.912. The standard InChI is InChI=1S/C13H28N2O2/c1-5-16-13(17-6-2)7-8-15-11(3)9-14-10-12(15)4/h11-14H,5-10H2,1-4H3. The first kappa shape index (κ1) is 14.9. The molecule has 1 N–H and O–H groups in total. The van der Waals surface area contributed by atoms with Gasteiger partial charge in [-0.1, -0.05) is 0 Å². The summed E-state index contributed by atoms with van der Waals surface area (Å²) in [6, 6.07) is 1.20. The lowest BCUT2D eigenvalue weighted by Gasteiger charge is -2.40. The van der Waals surface area contributed by atoms with Gasteiger partial charge >= 0.3 is 0 Å². The van der Waals surface area contributed by atoms with Crippen LogP contribution in [0.3, 0.4) is 0 Å². The zero-order valence-electron chi connectivity index (χ0n) is 11.7. The van der Waals surface area contributed by atoms with Crippen molar-refractivity contribution in [2.75, 3.05) is 32.8 Å². The summed E-state index contributed by atoms with van der Waals surface area (Å²) in [7, 11) is 0. The predicted molar refractivity (Wildman–Crippen MR) is 70.2 cm³/mol. The molecule has 0 aromatic carbocycles. The molecular weight excluding hydrogens is 216 g/mol. The Balaban J connectivity index is 2.35. The van der Waals surface area contributed by atoms with Gasteiger partial charge in [0.05, 0.1) is 0 Å². The van der Waals surface area contributed by atoms with Crippen molar-refractivity contribution < 1.29 is 9.47 Å². The zero-order chi connectivity index (χ0) is 12.7. The Kier molecular flexibility index (Phi) is 7.04. The highest BCUT2D eigenvalue weighted by atomic mass is 16.7. The molecule has 2 unspecified atom stereocenters. The maximum absolute atomic E-state index is 5.58. The third kappa shape index (κ3) is 4.92. The molecule has 0 radical (unpaired) electrons. The quantitative estimate of drug-likeness (QED) is 0.687. The van der Waals surface area contributed by atoms with Crippen LogP contribution in [0.5, 0.6) is 0 Å². The summed E-state index contributed by atoms with van der Waals surface area (Å²) in [5.41, 5.74) is 0. The highest BCUT2D eigenvalue weighted by molar-refractivity contribution is 4.82. The van der Waals surface area contributed by atoms with Gasteiger partial charge in [-0.25, -0.2) is 0 Å². The normalized spacial score (nSPS) is 26.6. The van der Waals surface area contributed by atoms with Crippen molar-refractivity contribution >= 4 is 0 Å². The number of piperazine rings is 1. The topological polar surface area (TPSA) is 33.7 Å². The Hall–Kier alpha value is -0.160. The third-order valence-electron chi connectivity index (χ3n) is 3.34. The van der Waals surface area contributed by atoms with Gasteiger partial charge in [-0.15, -0.1) is 0 Å². The van der Waals surface area contributed by atoms with Gasteiger partial charge in [0.25, 0.3) is 0 Å². The molecule has 1 rings (SSSR count). The minimum Gasteiger partial charge on any atom is -0.353 e. The highest BCUT2D eigenvalue weighted by Crippen LogP contribution is 2.12. The average molecular weight is 244 g/mol. The molecule has 4 heteroatoms. The fraction of sp³-hybridized carbons (Fsp3) is 1.00. The zero-order valence-corrected chi connectivity index (χ0v) is 11.7. The summed E-state index contributed by atoms with van der Waals surface area (Å²) in [4.78, 5) is 2.54. The number of rotatable bonds is 7. The van der Waals surface area contributed by atoms with Crippen molar-refractivity contribution in [3.8, 4) is 0 Å². The average Bonchev–Trinajstić information content (AvgIpc) is 2.29. The van der Waals surface area contributed by atoms with E-state index in [9.17, 15) is 0 Å². The van der Waals surface area contributed by atoms with Crippen LogP contribution in [0.25, 0.3) is 0 Å². The van der Waals surface area contributed by atoms with Crippen LogP contribution in [-0.4, -0.2) is 56.1 Å². The Morgan fingerprint density at radius 1 is 1.12 bits per heavy atom. The molecule has 0 aliphatic carbocycles. The number of nitrogens with one attached hydrogen (secondary N) is 1. The maximum Gasteiger partial charge on any atom is 0.158 e. The first-order chi connectivity index (χ1) is 8.19. The van der Waals surface area contributed by atoms with E-state index in [4.69, 9.17) is 9.47 Å². The lowest BCUT2D eigenvalue weighted by Crippen LogP contribution is -2.55. The molecule has 0 aromatic rings.